The van der Waals surface area contributed by atoms with E-state index in [9.17, 15) is 9.90 Å². The van der Waals surface area contributed by atoms with E-state index in [1.807, 2.05) is 18.2 Å². The quantitative estimate of drug-likeness (QED) is 0.779. The lowest BCUT2D eigenvalue weighted by atomic mass is 10.0. The maximum Gasteiger partial charge on any atom is 0.326 e. The predicted octanol–water partition coefficient (Wildman–Crippen LogP) is 3.38. The third-order valence-corrected chi connectivity index (χ3v) is 3.50. The molecular weight excluding hydrogens is 252 g/mol. The Morgan fingerprint density at radius 3 is 2.70 bits per heavy atom. The zero-order valence-electron chi connectivity index (χ0n) is 11.0. The number of aromatic hydroxyl groups is 1. The van der Waals surface area contributed by atoms with E-state index in [2.05, 4.69) is 11.4 Å². The lowest BCUT2D eigenvalue weighted by Gasteiger charge is -2.29. The Labute approximate surface area is 117 Å². The summed E-state index contributed by atoms with van der Waals surface area (Å²) in [6, 6.07) is 14.5. The average Bonchev–Trinajstić information content (AvgIpc) is 2.49. The second kappa shape index (κ2) is 5.25. The third-order valence-electron chi connectivity index (χ3n) is 3.50. The minimum Gasteiger partial charge on any atom is -0.506 e. The van der Waals surface area contributed by atoms with Gasteiger partial charge >= 0.3 is 6.03 Å². The van der Waals surface area contributed by atoms with Crippen LogP contribution in [0.2, 0.25) is 0 Å². The van der Waals surface area contributed by atoms with Crippen molar-refractivity contribution in [3.8, 4) is 5.75 Å². The van der Waals surface area contributed by atoms with Crippen LogP contribution in [-0.2, 0) is 6.42 Å². The molecule has 0 spiro atoms. The Kier molecular flexibility index (Phi) is 3.29. The SMILES string of the molecule is O=C(Nc1ccccc1O)N1CCCc2ccccc21. The first-order chi connectivity index (χ1) is 9.75. The molecule has 2 aromatic rings. The van der Waals surface area contributed by atoms with E-state index in [0.29, 0.717) is 12.2 Å². The summed E-state index contributed by atoms with van der Waals surface area (Å²) in [5.74, 6) is 0.0751. The minimum absolute atomic E-state index is 0.0751. The number of phenols is 1. The van der Waals surface area contributed by atoms with Crippen LogP contribution >= 0.6 is 0 Å². The van der Waals surface area contributed by atoms with Crippen molar-refractivity contribution in [2.75, 3.05) is 16.8 Å². The Morgan fingerprint density at radius 2 is 1.85 bits per heavy atom. The van der Waals surface area contributed by atoms with Crippen molar-refractivity contribution >= 4 is 17.4 Å². The lowest BCUT2D eigenvalue weighted by Crippen LogP contribution is -2.38. The number of carbonyl (C=O) groups excluding carboxylic acids is 1. The van der Waals surface area contributed by atoms with Gasteiger partial charge in [-0.2, -0.15) is 0 Å². The fourth-order valence-corrected chi connectivity index (χ4v) is 2.51. The summed E-state index contributed by atoms with van der Waals surface area (Å²) >= 11 is 0. The number of carbonyl (C=O) groups is 1. The third kappa shape index (κ3) is 2.32. The second-order valence-corrected chi connectivity index (χ2v) is 4.83. The zero-order chi connectivity index (χ0) is 13.9. The number of benzene rings is 2. The van der Waals surface area contributed by atoms with E-state index in [1.165, 1.54) is 5.56 Å². The molecule has 1 aliphatic heterocycles. The molecule has 0 unspecified atom stereocenters. The number of nitrogens with one attached hydrogen (secondary N) is 1. The van der Waals surface area contributed by atoms with E-state index >= 15 is 0 Å². The van der Waals surface area contributed by atoms with Crippen LogP contribution < -0.4 is 10.2 Å². The molecule has 0 bridgehead atoms. The molecule has 2 N–H and O–H groups in total. The van der Waals surface area contributed by atoms with Gasteiger partial charge in [-0.05, 0) is 36.6 Å². The minimum atomic E-state index is -0.210. The lowest BCUT2D eigenvalue weighted by molar-refractivity contribution is 0.256. The van der Waals surface area contributed by atoms with Crippen LogP contribution in [0.1, 0.15) is 12.0 Å². The second-order valence-electron chi connectivity index (χ2n) is 4.83. The summed E-state index contributed by atoms with van der Waals surface area (Å²) in [6.07, 6.45) is 1.95. The van der Waals surface area contributed by atoms with Crippen LogP contribution in [0.5, 0.6) is 5.75 Å². The number of hydrogen-bond acceptors (Lipinski definition) is 2. The highest BCUT2D eigenvalue weighted by Gasteiger charge is 2.22. The normalized spacial score (nSPS) is 13.7. The van der Waals surface area contributed by atoms with Crippen LogP contribution in [0, 0.1) is 0 Å². The van der Waals surface area contributed by atoms with Gasteiger partial charge in [-0.15, -0.1) is 0 Å². The fourth-order valence-electron chi connectivity index (χ4n) is 2.51. The van der Waals surface area contributed by atoms with Crippen LogP contribution in [0.3, 0.4) is 0 Å². The molecule has 0 fully saturated rings. The van der Waals surface area contributed by atoms with Crippen molar-refractivity contribution in [3.63, 3.8) is 0 Å². The summed E-state index contributed by atoms with van der Waals surface area (Å²) in [4.78, 5) is 14.1. The molecule has 0 aliphatic carbocycles. The van der Waals surface area contributed by atoms with E-state index in [0.717, 1.165) is 18.5 Å². The first-order valence-corrected chi connectivity index (χ1v) is 6.70. The van der Waals surface area contributed by atoms with Crippen LogP contribution in [0.15, 0.2) is 48.5 Å². The number of para-hydroxylation sites is 3. The number of amides is 2. The maximum absolute atomic E-state index is 12.4. The van der Waals surface area contributed by atoms with Gasteiger partial charge in [-0.3, -0.25) is 4.90 Å². The molecule has 0 saturated heterocycles. The van der Waals surface area contributed by atoms with Gasteiger partial charge in [0.1, 0.15) is 5.75 Å². The number of aryl methyl sites for hydroxylation is 1. The standard InChI is InChI=1S/C16H16N2O2/c19-15-10-4-2-8-13(15)17-16(20)18-11-5-7-12-6-1-3-9-14(12)18/h1-4,6,8-10,19H,5,7,11H2,(H,17,20). The van der Waals surface area contributed by atoms with Crippen molar-refractivity contribution < 1.29 is 9.90 Å². The molecule has 0 radical (unpaired) electrons. The molecule has 0 aromatic heterocycles. The summed E-state index contributed by atoms with van der Waals surface area (Å²) in [5.41, 5.74) is 2.57. The van der Waals surface area contributed by atoms with Gasteiger partial charge in [-0.25, -0.2) is 4.79 Å². The number of fused-ring (bicyclic) bond motifs is 1. The molecule has 0 atom stereocenters. The molecular formula is C16H16N2O2. The monoisotopic (exact) mass is 268 g/mol. The molecule has 4 heteroatoms. The average molecular weight is 268 g/mol. The topological polar surface area (TPSA) is 52.6 Å². The van der Waals surface area contributed by atoms with E-state index in [-0.39, 0.29) is 11.8 Å². The number of anilines is 2. The smallest absolute Gasteiger partial charge is 0.326 e. The fraction of sp³-hybridized carbons (Fsp3) is 0.188. The van der Waals surface area contributed by atoms with E-state index < -0.39 is 0 Å². The van der Waals surface area contributed by atoms with Gasteiger partial charge in [-0.1, -0.05) is 30.3 Å². The molecule has 4 nitrogen and oxygen atoms in total. The number of rotatable bonds is 1. The number of urea groups is 1. The first kappa shape index (κ1) is 12.5. The summed E-state index contributed by atoms with van der Waals surface area (Å²) < 4.78 is 0. The van der Waals surface area contributed by atoms with Gasteiger partial charge in [0, 0.05) is 12.2 Å². The molecule has 20 heavy (non-hydrogen) atoms. The van der Waals surface area contributed by atoms with Crippen molar-refractivity contribution in [1.82, 2.24) is 0 Å². The van der Waals surface area contributed by atoms with Gasteiger partial charge < -0.3 is 10.4 Å². The molecule has 1 heterocycles. The van der Waals surface area contributed by atoms with Crippen LogP contribution in [-0.4, -0.2) is 17.7 Å². The Balaban J connectivity index is 1.84. The van der Waals surface area contributed by atoms with Gasteiger partial charge in [0.25, 0.3) is 0 Å². The molecule has 102 valence electrons. The molecule has 1 aliphatic rings. The van der Waals surface area contributed by atoms with E-state index in [1.54, 1.807) is 29.2 Å². The predicted molar refractivity (Wildman–Crippen MR) is 79.2 cm³/mol. The number of nitrogens with zero attached hydrogens (tertiary/aromatic N) is 1. The Morgan fingerprint density at radius 1 is 1.10 bits per heavy atom. The number of hydrogen-bond donors (Lipinski definition) is 2. The van der Waals surface area contributed by atoms with Gasteiger partial charge in [0.15, 0.2) is 0 Å². The summed E-state index contributed by atoms with van der Waals surface area (Å²) in [5, 5.41) is 12.5. The van der Waals surface area contributed by atoms with Crippen molar-refractivity contribution in [3.05, 3.63) is 54.1 Å². The summed E-state index contributed by atoms with van der Waals surface area (Å²) in [6.45, 7) is 0.691. The van der Waals surface area contributed by atoms with Gasteiger partial charge in [0.2, 0.25) is 0 Å². The highest BCUT2D eigenvalue weighted by Crippen LogP contribution is 2.28. The number of phenolic OH excluding ortho intramolecular Hbond substituents is 1. The Bertz CT molecular complexity index is 640. The van der Waals surface area contributed by atoms with E-state index in [4.69, 9.17) is 0 Å². The first-order valence-electron chi connectivity index (χ1n) is 6.70. The van der Waals surface area contributed by atoms with Gasteiger partial charge in [0.05, 0.1) is 5.69 Å². The highest BCUT2D eigenvalue weighted by molar-refractivity contribution is 6.03. The maximum atomic E-state index is 12.4. The Hall–Kier alpha value is -2.49. The van der Waals surface area contributed by atoms with Crippen molar-refractivity contribution in [2.45, 2.75) is 12.8 Å². The highest BCUT2D eigenvalue weighted by atomic mass is 16.3. The largest absolute Gasteiger partial charge is 0.506 e. The van der Waals surface area contributed by atoms with Crippen molar-refractivity contribution in [1.29, 1.82) is 0 Å². The zero-order valence-corrected chi connectivity index (χ0v) is 11.0. The van der Waals surface area contributed by atoms with Crippen LogP contribution in [0.25, 0.3) is 0 Å². The molecule has 0 saturated carbocycles. The molecule has 2 amide bonds. The molecule has 3 rings (SSSR count). The van der Waals surface area contributed by atoms with Crippen LogP contribution in [0.4, 0.5) is 16.2 Å². The van der Waals surface area contributed by atoms with Crippen molar-refractivity contribution in [2.24, 2.45) is 0 Å². The summed E-state index contributed by atoms with van der Waals surface area (Å²) in [7, 11) is 0. The molecule has 2 aromatic carbocycles.